The molecule has 0 aromatic heterocycles. The summed E-state index contributed by atoms with van der Waals surface area (Å²) < 4.78 is 5.73. The predicted octanol–water partition coefficient (Wildman–Crippen LogP) is 1.23. The van der Waals surface area contributed by atoms with Crippen LogP contribution in [0.2, 0.25) is 0 Å². The number of rotatable bonds is 6. The van der Waals surface area contributed by atoms with Crippen molar-refractivity contribution in [2.45, 2.75) is 19.4 Å². The van der Waals surface area contributed by atoms with Gasteiger partial charge in [0.25, 0.3) is 0 Å². The van der Waals surface area contributed by atoms with Gasteiger partial charge in [0.2, 0.25) is 0 Å². The van der Waals surface area contributed by atoms with Gasteiger partial charge in [-0.3, -0.25) is 4.90 Å². The number of nitrogens with zero attached hydrogens (tertiary/aromatic N) is 1. The lowest BCUT2D eigenvalue weighted by molar-refractivity contribution is 0.119. The van der Waals surface area contributed by atoms with Gasteiger partial charge in [-0.15, -0.1) is 0 Å². The van der Waals surface area contributed by atoms with Crippen LogP contribution >= 0.6 is 0 Å². The van der Waals surface area contributed by atoms with Crippen LogP contribution in [-0.4, -0.2) is 42.9 Å². The van der Waals surface area contributed by atoms with Gasteiger partial charge in [0, 0.05) is 19.7 Å². The average Bonchev–Trinajstić information content (AvgIpc) is 2.49. The first-order valence-corrected chi connectivity index (χ1v) is 7.07. The molecule has 0 aliphatic carbocycles. The molecule has 0 atom stereocenters. The van der Waals surface area contributed by atoms with E-state index in [2.05, 4.69) is 4.90 Å². The van der Waals surface area contributed by atoms with Gasteiger partial charge >= 0.3 is 0 Å². The summed E-state index contributed by atoms with van der Waals surface area (Å²) in [4.78, 5) is 2.40. The molecule has 0 saturated carbocycles. The van der Waals surface area contributed by atoms with E-state index >= 15 is 0 Å². The van der Waals surface area contributed by atoms with Crippen molar-refractivity contribution in [3.8, 4) is 5.75 Å². The smallest absolute Gasteiger partial charge is 0.119 e. The van der Waals surface area contributed by atoms with E-state index in [1.54, 1.807) is 0 Å². The Bertz CT molecular complexity index is 359. The van der Waals surface area contributed by atoms with Crippen LogP contribution < -0.4 is 10.5 Å². The molecule has 0 unspecified atom stereocenters. The Morgan fingerprint density at radius 2 is 1.89 bits per heavy atom. The van der Waals surface area contributed by atoms with Crippen molar-refractivity contribution in [3.05, 3.63) is 29.8 Å². The molecule has 1 aromatic carbocycles. The highest BCUT2D eigenvalue weighted by Gasteiger charge is 2.17. The summed E-state index contributed by atoms with van der Waals surface area (Å²) in [5.41, 5.74) is 6.68. The molecule has 1 aliphatic heterocycles. The number of hydrogen-bond acceptors (Lipinski definition) is 4. The quantitative estimate of drug-likeness (QED) is 0.811. The summed E-state index contributed by atoms with van der Waals surface area (Å²) in [7, 11) is 0. The Kier molecular flexibility index (Phi) is 5.63. The van der Waals surface area contributed by atoms with Crippen molar-refractivity contribution in [1.29, 1.82) is 0 Å². The minimum absolute atomic E-state index is 0.331. The van der Waals surface area contributed by atoms with E-state index in [0.717, 1.165) is 43.8 Å². The van der Waals surface area contributed by atoms with Gasteiger partial charge in [-0.2, -0.15) is 0 Å². The van der Waals surface area contributed by atoms with Gasteiger partial charge in [0.15, 0.2) is 0 Å². The van der Waals surface area contributed by atoms with Gasteiger partial charge in [0.05, 0.1) is 0 Å². The molecular weight excluding hydrogens is 240 g/mol. The summed E-state index contributed by atoms with van der Waals surface area (Å²) in [6.45, 7) is 4.71. The lowest BCUT2D eigenvalue weighted by Gasteiger charge is -2.30. The molecule has 1 aliphatic rings. The predicted molar refractivity (Wildman–Crippen MR) is 76.1 cm³/mol. The summed E-state index contributed by atoms with van der Waals surface area (Å²) in [5.74, 6) is 1.41. The molecular formula is C15H24N2O2. The van der Waals surface area contributed by atoms with Crippen molar-refractivity contribution >= 4 is 0 Å². The van der Waals surface area contributed by atoms with Crippen LogP contribution in [0.3, 0.4) is 0 Å². The molecule has 0 radical (unpaired) electrons. The minimum atomic E-state index is 0.331. The number of benzene rings is 1. The van der Waals surface area contributed by atoms with Crippen LogP contribution in [0.5, 0.6) is 5.75 Å². The Hall–Kier alpha value is -1.10. The molecule has 19 heavy (non-hydrogen) atoms. The molecule has 1 aromatic rings. The highest BCUT2D eigenvalue weighted by Crippen LogP contribution is 2.16. The third-order valence-corrected chi connectivity index (χ3v) is 3.80. The zero-order chi connectivity index (χ0) is 13.5. The SMILES string of the molecule is NCc1ccc(OCCN2CCC(CO)CC2)cc1. The fraction of sp³-hybridized carbons (Fsp3) is 0.600. The number of aliphatic hydroxyl groups is 1. The number of likely N-dealkylation sites (tertiary alicyclic amines) is 1. The van der Waals surface area contributed by atoms with Crippen LogP contribution in [0.4, 0.5) is 0 Å². The van der Waals surface area contributed by atoms with Gasteiger partial charge in [0.1, 0.15) is 12.4 Å². The summed E-state index contributed by atoms with van der Waals surface area (Å²) in [6.07, 6.45) is 2.20. The van der Waals surface area contributed by atoms with E-state index in [1.165, 1.54) is 0 Å². The fourth-order valence-corrected chi connectivity index (χ4v) is 2.41. The second-order valence-electron chi connectivity index (χ2n) is 5.16. The standard InChI is InChI=1S/C15H24N2O2/c16-11-13-1-3-15(4-2-13)19-10-9-17-7-5-14(12-18)6-8-17/h1-4,14,18H,5-12,16H2. The third kappa shape index (κ3) is 4.49. The first-order chi connectivity index (χ1) is 9.31. The van der Waals surface area contributed by atoms with Crippen molar-refractivity contribution in [2.24, 2.45) is 11.7 Å². The molecule has 2 rings (SSSR count). The first kappa shape index (κ1) is 14.3. The van der Waals surface area contributed by atoms with Crippen LogP contribution in [0.25, 0.3) is 0 Å². The normalized spacial score (nSPS) is 17.6. The largest absolute Gasteiger partial charge is 0.492 e. The van der Waals surface area contributed by atoms with Crippen molar-refractivity contribution in [3.63, 3.8) is 0 Å². The summed E-state index contributed by atoms with van der Waals surface area (Å²) in [5, 5.41) is 9.09. The van der Waals surface area contributed by atoms with Gasteiger partial charge in [-0.1, -0.05) is 12.1 Å². The monoisotopic (exact) mass is 264 g/mol. The number of hydrogen-bond donors (Lipinski definition) is 2. The third-order valence-electron chi connectivity index (χ3n) is 3.80. The lowest BCUT2D eigenvalue weighted by atomic mass is 9.98. The maximum absolute atomic E-state index is 9.09. The van der Waals surface area contributed by atoms with E-state index in [9.17, 15) is 0 Å². The average molecular weight is 264 g/mol. The minimum Gasteiger partial charge on any atom is -0.492 e. The van der Waals surface area contributed by atoms with Gasteiger partial charge in [-0.05, 0) is 49.5 Å². The van der Waals surface area contributed by atoms with Gasteiger partial charge in [-0.25, -0.2) is 0 Å². The van der Waals surface area contributed by atoms with E-state index in [-0.39, 0.29) is 0 Å². The lowest BCUT2D eigenvalue weighted by Crippen LogP contribution is -2.37. The molecule has 1 fully saturated rings. The summed E-state index contributed by atoms with van der Waals surface area (Å²) in [6, 6.07) is 7.95. The topological polar surface area (TPSA) is 58.7 Å². The maximum atomic E-state index is 9.09. The van der Waals surface area contributed by atoms with Crippen LogP contribution in [0.1, 0.15) is 18.4 Å². The fourth-order valence-electron chi connectivity index (χ4n) is 2.41. The number of ether oxygens (including phenoxy) is 1. The number of piperidine rings is 1. The number of nitrogens with two attached hydrogens (primary N) is 1. The molecule has 0 spiro atoms. The Morgan fingerprint density at radius 1 is 1.21 bits per heavy atom. The van der Waals surface area contributed by atoms with Crippen molar-refractivity contribution in [2.75, 3.05) is 32.8 Å². The zero-order valence-electron chi connectivity index (χ0n) is 11.4. The van der Waals surface area contributed by atoms with Gasteiger partial charge < -0.3 is 15.6 Å². The van der Waals surface area contributed by atoms with E-state index in [4.69, 9.17) is 15.6 Å². The molecule has 3 N–H and O–H groups in total. The molecule has 0 bridgehead atoms. The van der Waals surface area contributed by atoms with Crippen molar-refractivity contribution < 1.29 is 9.84 Å². The first-order valence-electron chi connectivity index (χ1n) is 7.07. The highest BCUT2D eigenvalue weighted by molar-refractivity contribution is 5.27. The van der Waals surface area contributed by atoms with E-state index in [0.29, 0.717) is 25.7 Å². The van der Waals surface area contributed by atoms with Crippen LogP contribution in [-0.2, 0) is 6.54 Å². The molecule has 106 valence electrons. The van der Waals surface area contributed by atoms with E-state index in [1.807, 2.05) is 24.3 Å². The van der Waals surface area contributed by atoms with Crippen molar-refractivity contribution in [1.82, 2.24) is 4.90 Å². The zero-order valence-corrected chi connectivity index (χ0v) is 11.4. The Labute approximate surface area is 115 Å². The molecule has 1 heterocycles. The highest BCUT2D eigenvalue weighted by atomic mass is 16.5. The second-order valence-corrected chi connectivity index (χ2v) is 5.16. The number of aliphatic hydroxyl groups excluding tert-OH is 1. The molecule has 1 saturated heterocycles. The van der Waals surface area contributed by atoms with Crippen LogP contribution in [0, 0.1) is 5.92 Å². The molecule has 0 amide bonds. The molecule has 4 nitrogen and oxygen atoms in total. The molecule has 4 heteroatoms. The maximum Gasteiger partial charge on any atom is 0.119 e. The van der Waals surface area contributed by atoms with E-state index < -0.39 is 0 Å². The Morgan fingerprint density at radius 3 is 2.47 bits per heavy atom. The Balaban J connectivity index is 1.66. The summed E-state index contributed by atoms with van der Waals surface area (Å²) >= 11 is 0. The second kappa shape index (κ2) is 7.48. The van der Waals surface area contributed by atoms with Crippen LogP contribution in [0.15, 0.2) is 24.3 Å².